The molecule has 1 aromatic carbocycles. The Bertz CT molecular complexity index is 433. The number of piperidine rings is 1. The minimum Gasteiger partial charge on any atom is -0.495 e. The SMILES string of the molecule is COc1cc(F)c(CC2CCCNC2)c(F)c1Cl. The van der Waals surface area contributed by atoms with Gasteiger partial charge in [0.1, 0.15) is 16.6 Å². The second-order valence-electron chi connectivity index (χ2n) is 4.58. The molecule has 0 aliphatic carbocycles. The predicted molar refractivity (Wildman–Crippen MR) is 67.2 cm³/mol. The lowest BCUT2D eigenvalue weighted by Gasteiger charge is -2.23. The van der Waals surface area contributed by atoms with Crippen molar-refractivity contribution >= 4 is 11.6 Å². The molecule has 0 amide bonds. The summed E-state index contributed by atoms with van der Waals surface area (Å²) < 4.78 is 32.7. The molecule has 1 N–H and O–H groups in total. The molecule has 1 atom stereocenters. The standard InChI is InChI=1S/C13H16ClF2NO/c1-18-11-6-10(15)9(13(16)12(11)14)5-8-3-2-4-17-7-8/h6,8,17H,2-5,7H2,1H3. The maximum atomic E-state index is 14.0. The summed E-state index contributed by atoms with van der Waals surface area (Å²) in [4.78, 5) is 0. The summed E-state index contributed by atoms with van der Waals surface area (Å²) >= 11 is 5.81. The molecule has 2 rings (SSSR count). The highest BCUT2D eigenvalue weighted by molar-refractivity contribution is 6.32. The highest BCUT2D eigenvalue weighted by atomic mass is 35.5. The molecule has 0 saturated carbocycles. The van der Waals surface area contributed by atoms with E-state index in [1.165, 1.54) is 7.11 Å². The van der Waals surface area contributed by atoms with E-state index in [0.29, 0.717) is 6.42 Å². The molecular weight excluding hydrogens is 260 g/mol. The molecule has 1 saturated heterocycles. The van der Waals surface area contributed by atoms with E-state index in [9.17, 15) is 8.78 Å². The van der Waals surface area contributed by atoms with E-state index in [0.717, 1.165) is 32.0 Å². The monoisotopic (exact) mass is 275 g/mol. The average Bonchev–Trinajstić information content (AvgIpc) is 2.40. The summed E-state index contributed by atoms with van der Waals surface area (Å²) in [6, 6.07) is 1.15. The van der Waals surface area contributed by atoms with Crippen LogP contribution in [0.3, 0.4) is 0 Å². The molecule has 2 nitrogen and oxygen atoms in total. The predicted octanol–water partition coefficient (Wildman–Crippen LogP) is 3.17. The molecule has 18 heavy (non-hydrogen) atoms. The maximum absolute atomic E-state index is 14.0. The molecule has 1 aromatic rings. The van der Waals surface area contributed by atoms with E-state index in [-0.39, 0.29) is 22.3 Å². The van der Waals surface area contributed by atoms with Crippen LogP contribution in [0.15, 0.2) is 6.07 Å². The molecule has 100 valence electrons. The van der Waals surface area contributed by atoms with Gasteiger partial charge in [0.15, 0.2) is 5.82 Å². The molecule has 1 unspecified atom stereocenters. The van der Waals surface area contributed by atoms with E-state index >= 15 is 0 Å². The van der Waals surface area contributed by atoms with Gasteiger partial charge in [0.05, 0.1) is 7.11 Å². The van der Waals surface area contributed by atoms with Crippen molar-refractivity contribution in [2.75, 3.05) is 20.2 Å². The van der Waals surface area contributed by atoms with Gasteiger partial charge in [0.25, 0.3) is 0 Å². The third kappa shape index (κ3) is 2.75. The van der Waals surface area contributed by atoms with Crippen molar-refractivity contribution in [3.05, 3.63) is 28.3 Å². The zero-order valence-electron chi connectivity index (χ0n) is 10.2. The first-order valence-electron chi connectivity index (χ1n) is 6.04. The third-order valence-corrected chi connectivity index (χ3v) is 3.68. The number of benzene rings is 1. The Morgan fingerprint density at radius 2 is 2.28 bits per heavy atom. The zero-order chi connectivity index (χ0) is 13.1. The lowest BCUT2D eigenvalue weighted by atomic mass is 9.92. The molecule has 0 radical (unpaired) electrons. The van der Waals surface area contributed by atoms with Gasteiger partial charge in [-0.15, -0.1) is 0 Å². The molecule has 1 fully saturated rings. The topological polar surface area (TPSA) is 21.3 Å². The first-order valence-corrected chi connectivity index (χ1v) is 6.42. The fourth-order valence-electron chi connectivity index (χ4n) is 2.33. The lowest BCUT2D eigenvalue weighted by Crippen LogP contribution is -2.31. The normalized spacial score (nSPS) is 19.9. The Morgan fingerprint density at radius 1 is 1.50 bits per heavy atom. The minimum absolute atomic E-state index is 0.0391. The van der Waals surface area contributed by atoms with E-state index in [1.807, 2.05) is 0 Å². The number of nitrogens with one attached hydrogen (secondary N) is 1. The van der Waals surface area contributed by atoms with Crippen molar-refractivity contribution in [2.24, 2.45) is 5.92 Å². The molecule has 1 aliphatic heterocycles. The van der Waals surface area contributed by atoms with Crippen LogP contribution < -0.4 is 10.1 Å². The highest BCUT2D eigenvalue weighted by Gasteiger charge is 2.22. The minimum atomic E-state index is -0.695. The third-order valence-electron chi connectivity index (χ3n) is 3.33. The number of hydrogen-bond donors (Lipinski definition) is 1. The molecule has 1 heterocycles. The summed E-state index contributed by atoms with van der Waals surface area (Å²) in [7, 11) is 1.34. The van der Waals surface area contributed by atoms with Crippen LogP contribution in [-0.2, 0) is 6.42 Å². The van der Waals surface area contributed by atoms with E-state index in [2.05, 4.69) is 5.32 Å². The van der Waals surface area contributed by atoms with Gasteiger partial charge >= 0.3 is 0 Å². The van der Waals surface area contributed by atoms with Crippen molar-refractivity contribution in [1.82, 2.24) is 5.32 Å². The second-order valence-corrected chi connectivity index (χ2v) is 4.96. The fraction of sp³-hybridized carbons (Fsp3) is 0.538. The van der Waals surface area contributed by atoms with Gasteiger partial charge < -0.3 is 10.1 Å². The fourth-order valence-corrected chi connectivity index (χ4v) is 2.58. The highest BCUT2D eigenvalue weighted by Crippen LogP contribution is 2.33. The Kier molecular flexibility index (Phi) is 4.40. The van der Waals surface area contributed by atoms with Crippen LogP contribution in [0.4, 0.5) is 8.78 Å². The smallest absolute Gasteiger partial charge is 0.151 e. The van der Waals surface area contributed by atoms with Crippen molar-refractivity contribution in [3.8, 4) is 5.75 Å². The molecule has 5 heteroatoms. The second kappa shape index (κ2) is 5.85. The van der Waals surface area contributed by atoms with Crippen LogP contribution in [-0.4, -0.2) is 20.2 Å². The Hall–Kier alpha value is -0.870. The summed E-state index contributed by atoms with van der Waals surface area (Å²) in [5, 5.41) is 3.09. The quantitative estimate of drug-likeness (QED) is 0.856. The Balaban J connectivity index is 2.24. The molecule has 1 aliphatic rings. The van der Waals surface area contributed by atoms with Crippen molar-refractivity contribution in [1.29, 1.82) is 0 Å². The average molecular weight is 276 g/mol. The van der Waals surface area contributed by atoms with Gasteiger partial charge in [-0.2, -0.15) is 0 Å². The number of rotatable bonds is 3. The summed E-state index contributed by atoms with van der Waals surface area (Å²) in [6.45, 7) is 1.77. The Labute approximate surface area is 110 Å². The number of hydrogen-bond acceptors (Lipinski definition) is 2. The summed E-state index contributed by atoms with van der Waals surface area (Å²) in [5.74, 6) is -0.984. The van der Waals surface area contributed by atoms with Crippen LogP contribution in [0.5, 0.6) is 5.75 Å². The first kappa shape index (κ1) is 13.6. The van der Waals surface area contributed by atoms with Gasteiger partial charge in [-0.25, -0.2) is 8.78 Å². The van der Waals surface area contributed by atoms with Gasteiger partial charge in [0.2, 0.25) is 0 Å². The van der Waals surface area contributed by atoms with Gasteiger partial charge in [0, 0.05) is 11.6 Å². The molecule has 0 bridgehead atoms. The molecular formula is C13H16ClF2NO. The summed E-state index contributed by atoms with van der Waals surface area (Å²) in [5.41, 5.74) is 0.0644. The van der Waals surface area contributed by atoms with Crippen molar-refractivity contribution in [3.63, 3.8) is 0 Å². The zero-order valence-corrected chi connectivity index (χ0v) is 11.0. The van der Waals surface area contributed by atoms with Crippen molar-refractivity contribution < 1.29 is 13.5 Å². The number of halogens is 3. The van der Waals surface area contributed by atoms with Crippen molar-refractivity contribution in [2.45, 2.75) is 19.3 Å². The largest absolute Gasteiger partial charge is 0.495 e. The van der Waals surface area contributed by atoms with Crippen LogP contribution in [0.25, 0.3) is 0 Å². The number of methoxy groups -OCH3 is 1. The van der Waals surface area contributed by atoms with Crippen LogP contribution in [0.1, 0.15) is 18.4 Å². The van der Waals surface area contributed by atoms with E-state index < -0.39 is 11.6 Å². The number of ether oxygens (including phenoxy) is 1. The summed E-state index contributed by atoms with van der Waals surface area (Å²) in [6.07, 6.45) is 2.39. The van der Waals surface area contributed by atoms with Gasteiger partial charge in [-0.3, -0.25) is 0 Å². The van der Waals surface area contributed by atoms with E-state index in [1.54, 1.807) is 0 Å². The van der Waals surface area contributed by atoms with Gasteiger partial charge in [-0.05, 0) is 38.3 Å². The van der Waals surface area contributed by atoms with Crippen LogP contribution >= 0.6 is 11.6 Å². The van der Waals surface area contributed by atoms with Crippen LogP contribution in [0.2, 0.25) is 5.02 Å². The molecule has 0 spiro atoms. The Morgan fingerprint density at radius 3 is 2.89 bits per heavy atom. The first-order chi connectivity index (χ1) is 8.63. The molecule has 0 aromatic heterocycles. The van der Waals surface area contributed by atoms with E-state index in [4.69, 9.17) is 16.3 Å². The maximum Gasteiger partial charge on any atom is 0.151 e. The lowest BCUT2D eigenvalue weighted by molar-refractivity contribution is 0.364. The van der Waals surface area contributed by atoms with Crippen LogP contribution in [0, 0.1) is 17.6 Å². The van der Waals surface area contributed by atoms with Gasteiger partial charge in [-0.1, -0.05) is 11.6 Å².